The molecule has 0 bridgehead atoms. The molecule has 0 aliphatic rings. The van der Waals surface area contributed by atoms with Gasteiger partial charge < -0.3 is 9.52 Å². The molecule has 0 saturated heterocycles. The van der Waals surface area contributed by atoms with E-state index in [9.17, 15) is 4.39 Å². The SMILES string of the molecule is CCN(CCO)Cc1ccc(-c2cccc(F)c2C)o1. The van der Waals surface area contributed by atoms with Crippen LogP contribution in [0.3, 0.4) is 0 Å². The van der Waals surface area contributed by atoms with E-state index in [-0.39, 0.29) is 12.4 Å². The number of rotatable bonds is 6. The first-order valence-electron chi connectivity index (χ1n) is 6.83. The van der Waals surface area contributed by atoms with Crippen molar-refractivity contribution >= 4 is 0 Å². The van der Waals surface area contributed by atoms with Gasteiger partial charge in [0.15, 0.2) is 0 Å². The van der Waals surface area contributed by atoms with Crippen LogP contribution in [-0.2, 0) is 6.54 Å². The summed E-state index contributed by atoms with van der Waals surface area (Å²) in [5, 5.41) is 8.98. The van der Waals surface area contributed by atoms with E-state index in [1.165, 1.54) is 6.07 Å². The summed E-state index contributed by atoms with van der Waals surface area (Å²) in [6.45, 7) is 6.02. The maximum absolute atomic E-state index is 13.6. The van der Waals surface area contributed by atoms with Gasteiger partial charge in [-0.25, -0.2) is 4.39 Å². The highest BCUT2D eigenvalue weighted by molar-refractivity contribution is 5.62. The summed E-state index contributed by atoms with van der Waals surface area (Å²) in [6.07, 6.45) is 0. The molecular weight excluding hydrogens is 257 g/mol. The second-order valence-electron chi connectivity index (χ2n) is 4.77. The van der Waals surface area contributed by atoms with Crippen LogP contribution in [0.15, 0.2) is 34.7 Å². The highest BCUT2D eigenvalue weighted by Gasteiger charge is 2.11. The Bertz CT molecular complexity index is 565. The van der Waals surface area contributed by atoms with Crippen molar-refractivity contribution in [1.29, 1.82) is 0 Å². The summed E-state index contributed by atoms with van der Waals surface area (Å²) >= 11 is 0. The summed E-state index contributed by atoms with van der Waals surface area (Å²) in [7, 11) is 0. The minimum absolute atomic E-state index is 0.129. The lowest BCUT2D eigenvalue weighted by Crippen LogP contribution is -2.25. The number of nitrogens with zero attached hydrogens (tertiary/aromatic N) is 1. The number of aliphatic hydroxyl groups is 1. The Labute approximate surface area is 118 Å². The van der Waals surface area contributed by atoms with Gasteiger partial charge in [-0.15, -0.1) is 0 Å². The number of halogens is 1. The van der Waals surface area contributed by atoms with Gasteiger partial charge in [-0.05, 0) is 37.2 Å². The molecule has 2 rings (SSSR count). The van der Waals surface area contributed by atoms with Crippen molar-refractivity contribution in [2.75, 3.05) is 19.7 Å². The first kappa shape index (κ1) is 14.8. The number of benzene rings is 1. The monoisotopic (exact) mass is 277 g/mol. The predicted octanol–water partition coefficient (Wildman–Crippen LogP) is 3.21. The number of likely N-dealkylation sites (N-methyl/N-ethyl adjacent to an activating group) is 1. The van der Waals surface area contributed by atoms with Crippen LogP contribution in [-0.4, -0.2) is 29.7 Å². The topological polar surface area (TPSA) is 36.6 Å². The third kappa shape index (κ3) is 3.26. The quantitative estimate of drug-likeness (QED) is 0.881. The Kier molecular flexibility index (Phi) is 4.93. The molecule has 0 spiro atoms. The smallest absolute Gasteiger partial charge is 0.134 e. The van der Waals surface area contributed by atoms with Crippen LogP contribution in [0, 0.1) is 12.7 Å². The van der Waals surface area contributed by atoms with Gasteiger partial charge in [-0.1, -0.05) is 19.1 Å². The fraction of sp³-hybridized carbons (Fsp3) is 0.375. The third-order valence-corrected chi connectivity index (χ3v) is 3.44. The van der Waals surface area contributed by atoms with Crippen LogP contribution in [0.4, 0.5) is 4.39 Å². The molecule has 2 aromatic rings. The number of hydrogen-bond acceptors (Lipinski definition) is 3. The van der Waals surface area contributed by atoms with Gasteiger partial charge in [0.25, 0.3) is 0 Å². The van der Waals surface area contributed by atoms with Crippen LogP contribution < -0.4 is 0 Å². The highest BCUT2D eigenvalue weighted by atomic mass is 19.1. The molecule has 0 fully saturated rings. The van der Waals surface area contributed by atoms with Gasteiger partial charge in [0.05, 0.1) is 13.2 Å². The summed E-state index contributed by atoms with van der Waals surface area (Å²) in [4.78, 5) is 2.08. The maximum atomic E-state index is 13.6. The van der Waals surface area contributed by atoms with E-state index in [0.717, 1.165) is 17.9 Å². The third-order valence-electron chi connectivity index (χ3n) is 3.44. The average Bonchev–Trinajstić information content (AvgIpc) is 2.89. The van der Waals surface area contributed by atoms with E-state index >= 15 is 0 Å². The van der Waals surface area contributed by atoms with E-state index < -0.39 is 0 Å². The Morgan fingerprint density at radius 1 is 1.25 bits per heavy atom. The van der Waals surface area contributed by atoms with Crippen molar-refractivity contribution in [3.05, 3.63) is 47.5 Å². The molecule has 0 saturated carbocycles. The molecule has 1 heterocycles. The van der Waals surface area contributed by atoms with Crippen LogP contribution in [0.1, 0.15) is 18.2 Å². The van der Waals surface area contributed by atoms with Crippen molar-refractivity contribution in [3.63, 3.8) is 0 Å². The van der Waals surface area contributed by atoms with E-state index in [4.69, 9.17) is 9.52 Å². The van der Waals surface area contributed by atoms with Crippen LogP contribution in [0.2, 0.25) is 0 Å². The molecule has 0 unspecified atom stereocenters. The molecule has 1 N–H and O–H groups in total. The summed E-state index contributed by atoms with van der Waals surface area (Å²) < 4.78 is 19.4. The largest absolute Gasteiger partial charge is 0.460 e. The first-order chi connectivity index (χ1) is 9.65. The number of hydrogen-bond donors (Lipinski definition) is 1. The van der Waals surface area contributed by atoms with Crippen molar-refractivity contribution in [2.24, 2.45) is 0 Å². The van der Waals surface area contributed by atoms with E-state index in [0.29, 0.717) is 24.4 Å². The predicted molar refractivity (Wildman–Crippen MR) is 76.9 cm³/mol. The fourth-order valence-electron chi connectivity index (χ4n) is 2.19. The lowest BCUT2D eigenvalue weighted by Gasteiger charge is -2.17. The number of furan rings is 1. The van der Waals surface area contributed by atoms with Crippen molar-refractivity contribution in [3.8, 4) is 11.3 Å². The Balaban J connectivity index is 2.18. The average molecular weight is 277 g/mol. The summed E-state index contributed by atoms with van der Waals surface area (Å²) in [6, 6.07) is 8.75. The molecule has 3 nitrogen and oxygen atoms in total. The van der Waals surface area contributed by atoms with Gasteiger partial charge in [0, 0.05) is 12.1 Å². The summed E-state index contributed by atoms with van der Waals surface area (Å²) in [5.41, 5.74) is 1.37. The lowest BCUT2D eigenvalue weighted by atomic mass is 10.1. The zero-order valence-electron chi connectivity index (χ0n) is 11.9. The molecule has 20 heavy (non-hydrogen) atoms. The lowest BCUT2D eigenvalue weighted by molar-refractivity contribution is 0.188. The summed E-state index contributed by atoms with van der Waals surface area (Å²) in [5.74, 6) is 1.27. The second-order valence-corrected chi connectivity index (χ2v) is 4.77. The van der Waals surface area contributed by atoms with Gasteiger partial charge in [-0.2, -0.15) is 0 Å². The Hall–Kier alpha value is -1.65. The van der Waals surface area contributed by atoms with Gasteiger partial charge in [0.1, 0.15) is 17.3 Å². The Morgan fingerprint density at radius 2 is 2.05 bits per heavy atom. The molecular formula is C16H20FNO2. The number of aliphatic hydroxyl groups excluding tert-OH is 1. The normalized spacial score (nSPS) is 11.2. The maximum Gasteiger partial charge on any atom is 0.134 e. The molecule has 1 aromatic heterocycles. The van der Waals surface area contributed by atoms with Crippen LogP contribution in [0.25, 0.3) is 11.3 Å². The molecule has 0 radical (unpaired) electrons. The fourth-order valence-corrected chi connectivity index (χ4v) is 2.19. The van der Waals surface area contributed by atoms with Crippen molar-refractivity contribution in [2.45, 2.75) is 20.4 Å². The second kappa shape index (κ2) is 6.68. The zero-order valence-corrected chi connectivity index (χ0v) is 11.9. The van der Waals surface area contributed by atoms with Crippen LogP contribution in [0.5, 0.6) is 0 Å². The van der Waals surface area contributed by atoms with E-state index in [1.54, 1.807) is 13.0 Å². The highest BCUT2D eigenvalue weighted by Crippen LogP contribution is 2.27. The van der Waals surface area contributed by atoms with E-state index in [2.05, 4.69) is 4.90 Å². The van der Waals surface area contributed by atoms with Gasteiger partial charge in [0.2, 0.25) is 0 Å². The molecule has 0 atom stereocenters. The molecule has 108 valence electrons. The minimum Gasteiger partial charge on any atom is -0.460 e. The molecule has 4 heteroatoms. The minimum atomic E-state index is -0.226. The zero-order chi connectivity index (χ0) is 14.5. The molecule has 0 aliphatic carbocycles. The molecule has 0 amide bonds. The molecule has 0 aliphatic heterocycles. The van der Waals surface area contributed by atoms with Gasteiger partial charge >= 0.3 is 0 Å². The van der Waals surface area contributed by atoms with Crippen LogP contribution >= 0.6 is 0 Å². The van der Waals surface area contributed by atoms with Crippen molar-refractivity contribution in [1.82, 2.24) is 4.90 Å². The Morgan fingerprint density at radius 3 is 2.75 bits per heavy atom. The standard InChI is InChI=1S/C16H20FNO2/c1-3-18(9-10-19)11-13-7-8-16(20-13)14-5-4-6-15(17)12(14)2/h4-8,19H,3,9-11H2,1-2H3. The van der Waals surface area contributed by atoms with Crippen molar-refractivity contribution < 1.29 is 13.9 Å². The van der Waals surface area contributed by atoms with Gasteiger partial charge in [-0.3, -0.25) is 4.90 Å². The first-order valence-corrected chi connectivity index (χ1v) is 6.83. The van der Waals surface area contributed by atoms with E-state index in [1.807, 2.05) is 25.1 Å². The molecule has 1 aromatic carbocycles.